The fourth-order valence-corrected chi connectivity index (χ4v) is 2.10. The summed E-state index contributed by atoms with van der Waals surface area (Å²) in [6, 6.07) is 0. The summed E-state index contributed by atoms with van der Waals surface area (Å²) in [5.41, 5.74) is 0.0549. The average molecular weight is 214 g/mol. The van der Waals surface area contributed by atoms with Crippen LogP contribution in [0, 0.1) is 0 Å². The van der Waals surface area contributed by atoms with E-state index in [1.54, 1.807) is 7.11 Å². The first kappa shape index (κ1) is 7.79. The van der Waals surface area contributed by atoms with Crippen LogP contribution in [0.5, 0.6) is 0 Å². The third-order valence-corrected chi connectivity index (χ3v) is 2.57. The largest absolute Gasteiger partial charge is 0.379 e. The van der Waals surface area contributed by atoms with Gasteiger partial charge in [-0.3, -0.25) is 5.32 Å². The third kappa shape index (κ3) is 1.80. The zero-order valence-corrected chi connectivity index (χ0v) is 7.45. The molecule has 1 aliphatic heterocycles. The molecule has 2 nitrogen and oxygen atoms in total. The maximum Gasteiger partial charge on any atom is 0.0908 e. The number of hydrogen-bond acceptors (Lipinski definition) is 2. The van der Waals surface area contributed by atoms with E-state index in [1.807, 2.05) is 0 Å². The van der Waals surface area contributed by atoms with Crippen molar-refractivity contribution in [1.29, 1.82) is 0 Å². The van der Waals surface area contributed by atoms with E-state index in [1.165, 1.54) is 0 Å². The Bertz CT molecular complexity index is 103. The van der Waals surface area contributed by atoms with Gasteiger partial charge >= 0.3 is 0 Å². The van der Waals surface area contributed by atoms with E-state index in [0.717, 1.165) is 6.42 Å². The SMILES string of the molecule is COC1CC(Cl)NC1Br. The van der Waals surface area contributed by atoms with Crippen LogP contribution >= 0.6 is 27.5 Å². The molecule has 1 saturated heterocycles. The number of hydrogen-bond donors (Lipinski definition) is 1. The van der Waals surface area contributed by atoms with Crippen LogP contribution in [-0.2, 0) is 4.74 Å². The van der Waals surface area contributed by atoms with Gasteiger partial charge in [0.15, 0.2) is 0 Å². The second-order valence-electron chi connectivity index (χ2n) is 2.05. The lowest BCUT2D eigenvalue weighted by Crippen LogP contribution is -2.26. The molecule has 1 aliphatic rings. The summed E-state index contributed by atoms with van der Waals surface area (Å²) in [5, 5.41) is 3.07. The van der Waals surface area contributed by atoms with Gasteiger partial charge in [0, 0.05) is 13.5 Å². The highest BCUT2D eigenvalue weighted by atomic mass is 79.9. The number of alkyl halides is 2. The fourth-order valence-electron chi connectivity index (χ4n) is 0.887. The molecule has 9 heavy (non-hydrogen) atoms. The molecule has 0 radical (unpaired) electrons. The first-order valence-electron chi connectivity index (χ1n) is 2.81. The zero-order chi connectivity index (χ0) is 6.85. The summed E-state index contributed by atoms with van der Waals surface area (Å²) in [7, 11) is 1.69. The molecule has 0 aromatic carbocycles. The summed E-state index contributed by atoms with van der Waals surface area (Å²) in [6.07, 6.45) is 1.08. The van der Waals surface area contributed by atoms with Crippen molar-refractivity contribution in [2.24, 2.45) is 0 Å². The van der Waals surface area contributed by atoms with E-state index in [9.17, 15) is 0 Å². The van der Waals surface area contributed by atoms with Gasteiger partial charge in [0.05, 0.1) is 16.6 Å². The molecule has 1 fully saturated rings. The van der Waals surface area contributed by atoms with Gasteiger partial charge in [0.1, 0.15) is 0 Å². The molecular formula is C5H9BrClNO. The second-order valence-corrected chi connectivity index (χ2v) is 3.56. The van der Waals surface area contributed by atoms with Crippen LogP contribution in [-0.4, -0.2) is 23.7 Å². The van der Waals surface area contributed by atoms with Crippen molar-refractivity contribution in [3.63, 3.8) is 0 Å². The van der Waals surface area contributed by atoms with Crippen LogP contribution in [0.1, 0.15) is 6.42 Å². The van der Waals surface area contributed by atoms with Crippen molar-refractivity contribution < 1.29 is 4.74 Å². The number of rotatable bonds is 1. The zero-order valence-electron chi connectivity index (χ0n) is 5.10. The maximum atomic E-state index is 5.76. The molecule has 0 saturated carbocycles. The van der Waals surface area contributed by atoms with Crippen LogP contribution < -0.4 is 5.32 Å². The highest BCUT2D eigenvalue weighted by Crippen LogP contribution is 2.22. The summed E-state index contributed by atoms with van der Waals surface area (Å²) in [4.78, 5) is 0.213. The topological polar surface area (TPSA) is 21.3 Å². The van der Waals surface area contributed by atoms with Crippen molar-refractivity contribution >= 4 is 27.5 Å². The van der Waals surface area contributed by atoms with E-state index >= 15 is 0 Å². The summed E-state index contributed by atoms with van der Waals surface area (Å²) >= 11 is 9.14. The minimum atomic E-state index is 0.0549. The standard InChI is InChI=1S/C5H9BrClNO/c1-9-3-2-4(7)8-5(3)6/h3-5,8H,2H2,1H3. The number of methoxy groups -OCH3 is 1. The van der Waals surface area contributed by atoms with Crippen molar-refractivity contribution in [3.05, 3.63) is 0 Å². The Kier molecular flexibility index (Phi) is 2.76. The minimum Gasteiger partial charge on any atom is -0.379 e. The Hall–Kier alpha value is 0.690. The van der Waals surface area contributed by atoms with E-state index in [4.69, 9.17) is 16.3 Å². The molecular weight excluding hydrogens is 205 g/mol. The Morgan fingerprint density at radius 3 is 2.67 bits per heavy atom. The normalized spacial score (nSPS) is 43.7. The first-order chi connectivity index (χ1) is 4.24. The molecule has 54 valence electrons. The monoisotopic (exact) mass is 213 g/mol. The number of ether oxygens (including phenoxy) is 1. The van der Waals surface area contributed by atoms with Gasteiger partial charge in [0.2, 0.25) is 0 Å². The Labute approximate surface area is 68.0 Å². The summed E-state index contributed by atoms with van der Waals surface area (Å²) < 4.78 is 5.10. The molecule has 3 unspecified atom stereocenters. The Balaban J connectivity index is 2.38. The molecule has 0 aromatic heterocycles. The molecule has 1 rings (SSSR count). The molecule has 0 bridgehead atoms. The van der Waals surface area contributed by atoms with Crippen molar-refractivity contribution in [2.75, 3.05) is 7.11 Å². The summed E-state index contributed by atoms with van der Waals surface area (Å²) in [6.45, 7) is 0. The lowest BCUT2D eigenvalue weighted by Gasteiger charge is -2.09. The van der Waals surface area contributed by atoms with Gasteiger partial charge in [-0.05, 0) is 0 Å². The van der Waals surface area contributed by atoms with Crippen molar-refractivity contribution in [1.82, 2.24) is 5.32 Å². The van der Waals surface area contributed by atoms with Crippen LogP contribution in [0.3, 0.4) is 0 Å². The van der Waals surface area contributed by atoms with Gasteiger partial charge in [-0.15, -0.1) is 11.6 Å². The van der Waals surface area contributed by atoms with E-state index in [0.29, 0.717) is 0 Å². The fraction of sp³-hybridized carbons (Fsp3) is 1.00. The van der Waals surface area contributed by atoms with Crippen LogP contribution in [0.2, 0.25) is 0 Å². The van der Waals surface area contributed by atoms with E-state index in [2.05, 4.69) is 21.2 Å². The Morgan fingerprint density at radius 1 is 1.78 bits per heavy atom. The van der Waals surface area contributed by atoms with Gasteiger partial charge in [-0.2, -0.15) is 0 Å². The lowest BCUT2D eigenvalue weighted by molar-refractivity contribution is 0.113. The molecule has 0 aliphatic carbocycles. The molecule has 0 spiro atoms. The average Bonchev–Trinajstić information content (AvgIpc) is 2.10. The van der Waals surface area contributed by atoms with Gasteiger partial charge in [0.25, 0.3) is 0 Å². The molecule has 0 amide bonds. The second kappa shape index (κ2) is 3.19. The predicted octanol–water partition coefficient (Wildman–Crippen LogP) is 1.28. The number of halogens is 2. The maximum absolute atomic E-state index is 5.76. The van der Waals surface area contributed by atoms with Crippen molar-refractivity contribution in [2.45, 2.75) is 23.0 Å². The lowest BCUT2D eigenvalue weighted by atomic mass is 10.3. The van der Waals surface area contributed by atoms with Crippen LogP contribution in [0.4, 0.5) is 0 Å². The van der Waals surface area contributed by atoms with E-state index < -0.39 is 0 Å². The molecule has 3 atom stereocenters. The Morgan fingerprint density at radius 2 is 2.44 bits per heavy atom. The van der Waals surface area contributed by atoms with E-state index in [-0.39, 0.29) is 16.6 Å². The first-order valence-corrected chi connectivity index (χ1v) is 4.16. The minimum absolute atomic E-state index is 0.0549. The van der Waals surface area contributed by atoms with Gasteiger partial charge < -0.3 is 4.74 Å². The molecule has 4 heteroatoms. The highest BCUT2D eigenvalue weighted by Gasteiger charge is 2.30. The molecule has 1 heterocycles. The number of nitrogens with one attached hydrogen (secondary N) is 1. The van der Waals surface area contributed by atoms with Crippen LogP contribution in [0.15, 0.2) is 0 Å². The third-order valence-electron chi connectivity index (χ3n) is 1.41. The van der Waals surface area contributed by atoms with Gasteiger partial charge in [-0.1, -0.05) is 15.9 Å². The van der Waals surface area contributed by atoms with Gasteiger partial charge in [-0.25, -0.2) is 0 Å². The smallest absolute Gasteiger partial charge is 0.0908 e. The predicted molar refractivity (Wildman–Crippen MR) is 40.9 cm³/mol. The quantitative estimate of drug-likeness (QED) is 0.524. The molecule has 0 aromatic rings. The highest BCUT2D eigenvalue weighted by molar-refractivity contribution is 9.09. The van der Waals surface area contributed by atoms with Crippen molar-refractivity contribution in [3.8, 4) is 0 Å². The summed E-state index contributed by atoms with van der Waals surface area (Å²) in [5.74, 6) is 0. The molecule has 1 N–H and O–H groups in total. The van der Waals surface area contributed by atoms with Crippen LogP contribution in [0.25, 0.3) is 0 Å².